The minimum Gasteiger partial charge on any atom is -0.465 e. The van der Waals surface area contributed by atoms with Gasteiger partial charge in [0.05, 0.1) is 37.3 Å². The van der Waals surface area contributed by atoms with Crippen LogP contribution in [0.3, 0.4) is 0 Å². The standard InChI is InChI=1S/C29H31F2N7O3.ClH/c30-29(31)14-20(33-18-29)17-41-27-34-24-16-36(25-7-3-5-19-4-1-2-6-22(19)25)11-9-23(24)26(35-27)37-12-13-38(28(39)40)21(15-37)8-10-32;/h1-7,20-21,33H,8-9,11-18H2,(H,39,40);1H. The molecule has 2 N–H and O–H groups in total. The molecule has 6 rings (SSSR count). The van der Waals surface area contributed by atoms with Gasteiger partial charge in [-0.05, 0) is 17.9 Å². The quantitative estimate of drug-likeness (QED) is 0.432. The van der Waals surface area contributed by atoms with Crippen LogP contribution in [0.4, 0.5) is 25.1 Å². The van der Waals surface area contributed by atoms with Gasteiger partial charge >= 0.3 is 12.1 Å². The maximum Gasteiger partial charge on any atom is 0.407 e. The third-order valence-corrected chi connectivity index (χ3v) is 8.09. The Morgan fingerprint density at radius 1 is 1.14 bits per heavy atom. The molecular weight excluding hydrogens is 568 g/mol. The number of halogens is 3. The Morgan fingerprint density at radius 2 is 1.95 bits per heavy atom. The smallest absolute Gasteiger partial charge is 0.407 e. The number of alkyl halides is 2. The Morgan fingerprint density at radius 3 is 2.71 bits per heavy atom. The number of carboxylic acid groups (broad SMARTS) is 1. The molecule has 1 aromatic heterocycles. The number of carbonyl (C=O) groups is 1. The van der Waals surface area contributed by atoms with Crippen LogP contribution in [0, 0.1) is 11.3 Å². The van der Waals surface area contributed by atoms with E-state index in [1.54, 1.807) is 0 Å². The summed E-state index contributed by atoms with van der Waals surface area (Å²) in [5, 5.41) is 24.1. The fraction of sp³-hybridized carbons (Fsp3) is 0.448. The van der Waals surface area contributed by atoms with E-state index in [0.717, 1.165) is 34.3 Å². The second-order valence-corrected chi connectivity index (χ2v) is 10.8. The third kappa shape index (κ3) is 5.98. The normalized spacial score (nSPS) is 21.4. The van der Waals surface area contributed by atoms with Crippen molar-refractivity contribution in [2.45, 2.75) is 43.8 Å². The predicted molar refractivity (Wildman–Crippen MR) is 156 cm³/mol. The number of fused-ring (bicyclic) bond motifs is 2. The van der Waals surface area contributed by atoms with Crippen molar-refractivity contribution >= 4 is 40.8 Å². The molecule has 0 saturated carbocycles. The minimum absolute atomic E-state index is 0. The van der Waals surface area contributed by atoms with Gasteiger partial charge in [0.15, 0.2) is 0 Å². The van der Waals surface area contributed by atoms with E-state index in [9.17, 15) is 23.9 Å². The molecular formula is C29H32ClF2N7O3. The van der Waals surface area contributed by atoms with Gasteiger partial charge in [-0.2, -0.15) is 15.2 Å². The summed E-state index contributed by atoms with van der Waals surface area (Å²) >= 11 is 0. The van der Waals surface area contributed by atoms with Crippen LogP contribution in [0.25, 0.3) is 10.8 Å². The summed E-state index contributed by atoms with van der Waals surface area (Å²) in [7, 11) is 0. The van der Waals surface area contributed by atoms with Crippen LogP contribution in [-0.2, 0) is 13.0 Å². The number of hydrogen-bond acceptors (Lipinski definition) is 8. The summed E-state index contributed by atoms with van der Waals surface area (Å²) in [6, 6.07) is 15.6. The van der Waals surface area contributed by atoms with Crippen molar-refractivity contribution in [3.05, 3.63) is 53.7 Å². The second-order valence-electron chi connectivity index (χ2n) is 10.8. The lowest BCUT2D eigenvalue weighted by Crippen LogP contribution is -2.55. The van der Waals surface area contributed by atoms with Gasteiger partial charge in [0, 0.05) is 55.3 Å². The Balaban J connectivity index is 0.00000353. The molecule has 3 aliphatic heterocycles. The highest BCUT2D eigenvalue weighted by molar-refractivity contribution is 5.94. The number of ether oxygens (including phenoxy) is 1. The van der Waals surface area contributed by atoms with E-state index in [1.807, 2.05) is 23.1 Å². The summed E-state index contributed by atoms with van der Waals surface area (Å²) in [4.78, 5) is 26.8. The zero-order chi connectivity index (χ0) is 28.6. The van der Waals surface area contributed by atoms with Crippen molar-refractivity contribution in [3.63, 3.8) is 0 Å². The van der Waals surface area contributed by atoms with Gasteiger partial charge in [-0.1, -0.05) is 36.4 Å². The van der Waals surface area contributed by atoms with Crippen molar-refractivity contribution in [2.75, 3.05) is 49.1 Å². The molecule has 0 bridgehead atoms. The van der Waals surface area contributed by atoms with E-state index in [0.29, 0.717) is 31.9 Å². The number of rotatable bonds is 6. The number of nitrogens with one attached hydrogen (secondary N) is 1. The van der Waals surface area contributed by atoms with Gasteiger partial charge in [0.25, 0.3) is 5.92 Å². The molecule has 2 fully saturated rings. The molecule has 1 amide bonds. The van der Waals surface area contributed by atoms with Gasteiger partial charge in [-0.3, -0.25) is 0 Å². The molecule has 10 nitrogen and oxygen atoms in total. The average Bonchev–Trinajstić information content (AvgIpc) is 3.33. The summed E-state index contributed by atoms with van der Waals surface area (Å²) in [5.74, 6) is -2.12. The SMILES string of the molecule is Cl.N#CCC1CN(c2nc(OCC3CC(F)(F)CN3)nc3c2CCN(c2cccc4ccccc24)C3)CCN1C(=O)O. The zero-order valence-electron chi connectivity index (χ0n) is 22.9. The second kappa shape index (κ2) is 12.1. The molecule has 0 radical (unpaired) electrons. The van der Waals surface area contributed by atoms with Gasteiger partial charge in [-0.15, -0.1) is 12.4 Å². The Hall–Kier alpha value is -3.95. The zero-order valence-corrected chi connectivity index (χ0v) is 23.7. The molecule has 2 saturated heterocycles. The monoisotopic (exact) mass is 599 g/mol. The molecule has 3 aromatic rings. The third-order valence-electron chi connectivity index (χ3n) is 8.09. The van der Waals surface area contributed by atoms with Crippen LogP contribution in [0.15, 0.2) is 42.5 Å². The lowest BCUT2D eigenvalue weighted by molar-refractivity contribution is 0.0194. The highest BCUT2D eigenvalue weighted by atomic mass is 35.5. The average molecular weight is 600 g/mol. The first-order valence-electron chi connectivity index (χ1n) is 13.8. The number of nitrogens with zero attached hydrogens (tertiary/aromatic N) is 6. The number of benzene rings is 2. The maximum atomic E-state index is 13.7. The number of amides is 1. The van der Waals surface area contributed by atoms with Crippen molar-refractivity contribution in [1.29, 1.82) is 5.26 Å². The number of piperazine rings is 1. The van der Waals surface area contributed by atoms with E-state index in [1.165, 1.54) is 4.90 Å². The first-order valence-corrected chi connectivity index (χ1v) is 13.8. The summed E-state index contributed by atoms with van der Waals surface area (Å²) in [6.45, 7) is 1.81. The van der Waals surface area contributed by atoms with E-state index < -0.39 is 24.1 Å². The van der Waals surface area contributed by atoms with Gasteiger partial charge in [0.2, 0.25) is 0 Å². The fourth-order valence-corrected chi connectivity index (χ4v) is 6.08. The van der Waals surface area contributed by atoms with Crippen LogP contribution < -0.4 is 19.9 Å². The van der Waals surface area contributed by atoms with E-state index >= 15 is 0 Å². The van der Waals surface area contributed by atoms with E-state index in [4.69, 9.17) is 14.7 Å². The lowest BCUT2D eigenvalue weighted by atomic mass is 10.0. The van der Waals surface area contributed by atoms with Crippen molar-refractivity contribution < 1.29 is 23.4 Å². The maximum absolute atomic E-state index is 13.7. The highest BCUT2D eigenvalue weighted by Gasteiger charge is 2.40. The number of hydrogen-bond donors (Lipinski definition) is 2. The van der Waals surface area contributed by atoms with Crippen LogP contribution in [0.5, 0.6) is 6.01 Å². The van der Waals surface area contributed by atoms with Crippen LogP contribution >= 0.6 is 12.4 Å². The molecule has 0 spiro atoms. The minimum atomic E-state index is -2.77. The number of anilines is 2. The van der Waals surface area contributed by atoms with E-state index in [-0.39, 0.29) is 51.0 Å². The molecule has 4 heterocycles. The topological polar surface area (TPSA) is 118 Å². The molecule has 0 aliphatic carbocycles. The first-order chi connectivity index (χ1) is 19.8. The van der Waals surface area contributed by atoms with Gasteiger partial charge in [0.1, 0.15) is 12.4 Å². The van der Waals surface area contributed by atoms with Crippen molar-refractivity contribution in [2.24, 2.45) is 0 Å². The number of aromatic nitrogens is 2. The van der Waals surface area contributed by atoms with Gasteiger partial charge in [-0.25, -0.2) is 13.6 Å². The Labute approximate surface area is 248 Å². The Kier molecular flexibility index (Phi) is 8.52. The largest absolute Gasteiger partial charge is 0.465 e. The highest BCUT2D eigenvalue weighted by Crippen LogP contribution is 2.35. The molecule has 2 unspecified atom stereocenters. The summed E-state index contributed by atoms with van der Waals surface area (Å²) in [5.41, 5.74) is 2.84. The molecule has 3 aliphatic rings. The molecule has 2 aromatic carbocycles. The van der Waals surface area contributed by atoms with Crippen molar-refractivity contribution in [3.8, 4) is 12.1 Å². The van der Waals surface area contributed by atoms with E-state index in [2.05, 4.69) is 40.6 Å². The first kappa shape index (κ1) is 29.5. The number of nitriles is 1. The predicted octanol–water partition coefficient (Wildman–Crippen LogP) is 4.07. The lowest BCUT2D eigenvalue weighted by Gasteiger charge is -2.41. The molecule has 222 valence electrons. The van der Waals surface area contributed by atoms with Gasteiger partial charge < -0.3 is 29.9 Å². The van der Waals surface area contributed by atoms with Crippen molar-refractivity contribution in [1.82, 2.24) is 20.2 Å². The fourth-order valence-electron chi connectivity index (χ4n) is 6.08. The van der Waals surface area contributed by atoms with Crippen LogP contribution in [0.2, 0.25) is 0 Å². The van der Waals surface area contributed by atoms with Crippen LogP contribution in [-0.4, -0.2) is 83.4 Å². The van der Waals surface area contributed by atoms with Crippen LogP contribution in [0.1, 0.15) is 24.1 Å². The molecule has 13 heteroatoms. The Bertz CT molecular complexity index is 1500. The molecule has 42 heavy (non-hydrogen) atoms. The molecule has 2 atom stereocenters. The summed E-state index contributed by atoms with van der Waals surface area (Å²) in [6.07, 6.45) is -0.639. The summed E-state index contributed by atoms with van der Waals surface area (Å²) < 4.78 is 33.4.